The smallest absolute Gasteiger partial charge is 0.322 e. The second-order valence-corrected chi connectivity index (χ2v) is 11.4. The van der Waals surface area contributed by atoms with Crippen LogP contribution in [0.5, 0.6) is 0 Å². The van der Waals surface area contributed by atoms with E-state index >= 15 is 0 Å². The number of imide groups is 1. The Morgan fingerprint density at radius 3 is 2.69 bits per heavy atom. The van der Waals surface area contributed by atoms with Crippen LogP contribution in [-0.2, 0) is 27.2 Å². The van der Waals surface area contributed by atoms with E-state index in [1.54, 1.807) is 34.1 Å². The molecule has 10 heteroatoms. The summed E-state index contributed by atoms with van der Waals surface area (Å²) in [6.45, 7) is -0.104. The summed E-state index contributed by atoms with van der Waals surface area (Å²) in [5.41, 5.74) is 2.22. The molecule has 3 heterocycles. The minimum Gasteiger partial charge on any atom is -0.325 e. The van der Waals surface area contributed by atoms with Gasteiger partial charge in [0.25, 0.3) is 5.91 Å². The highest BCUT2D eigenvalue weighted by Gasteiger charge is 2.50. The third kappa shape index (κ3) is 4.06. The number of rotatable bonds is 4. The van der Waals surface area contributed by atoms with Gasteiger partial charge >= 0.3 is 6.03 Å². The number of hydrogen-bond donors (Lipinski definition) is 3. The Hall–Kier alpha value is -3.63. The van der Waals surface area contributed by atoms with E-state index in [2.05, 4.69) is 16.0 Å². The van der Waals surface area contributed by atoms with Gasteiger partial charge in [-0.2, -0.15) is 0 Å². The van der Waals surface area contributed by atoms with Crippen LogP contribution in [0.3, 0.4) is 0 Å². The number of nitrogens with zero attached hydrogens (tertiary/aromatic N) is 1. The number of fused-ring (bicyclic) bond motifs is 2. The number of nitrogens with one attached hydrogen (secondary N) is 3. The highest BCUT2D eigenvalue weighted by molar-refractivity contribution is 7.99. The number of anilines is 2. The lowest BCUT2D eigenvalue weighted by molar-refractivity contribution is -0.123. The van der Waals surface area contributed by atoms with Gasteiger partial charge < -0.3 is 15.5 Å². The van der Waals surface area contributed by atoms with E-state index in [0.717, 1.165) is 26.6 Å². The number of amides is 5. The summed E-state index contributed by atoms with van der Waals surface area (Å²) in [5.74, 6) is -0.733. The first kappa shape index (κ1) is 22.8. The predicted molar refractivity (Wildman–Crippen MR) is 142 cm³/mol. The van der Waals surface area contributed by atoms with Crippen molar-refractivity contribution in [2.24, 2.45) is 0 Å². The second-order valence-electron chi connectivity index (χ2n) is 9.15. The zero-order chi connectivity index (χ0) is 24.9. The number of benzene rings is 2. The van der Waals surface area contributed by atoms with Crippen molar-refractivity contribution in [2.45, 2.75) is 34.9 Å². The number of thioether (sulfide) groups is 1. The molecule has 0 radical (unpaired) electrons. The summed E-state index contributed by atoms with van der Waals surface area (Å²) in [7, 11) is 0. The van der Waals surface area contributed by atoms with Crippen LogP contribution in [0.1, 0.15) is 30.5 Å². The number of hydrogen-bond acceptors (Lipinski definition) is 6. The Bertz CT molecular complexity index is 1420. The summed E-state index contributed by atoms with van der Waals surface area (Å²) in [6, 6.07) is 16.7. The van der Waals surface area contributed by atoms with Crippen LogP contribution in [0.2, 0.25) is 0 Å². The summed E-state index contributed by atoms with van der Waals surface area (Å²) in [6.07, 6.45) is 1.08. The largest absolute Gasteiger partial charge is 0.325 e. The molecule has 3 aromatic rings. The van der Waals surface area contributed by atoms with Crippen molar-refractivity contribution in [1.29, 1.82) is 0 Å². The van der Waals surface area contributed by atoms with E-state index in [0.29, 0.717) is 24.9 Å². The summed E-state index contributed by atoms with van der Waals surface area (Å²) >= 11 is 3.28. The van der Waals surface area contributed by atoms with E-state index in [9.17, 15) is 19.2 Å². The van der Waals surface area contributed by atoms with Crippen LogP contribution >= 0.6 is 23.1 Å². The lowest BCUT2D eigenvalue weighted by Crippen LogP contribution is -2.47. The lowest BCUT2D eigenvalue weighted by atomic mass is 9.96. The zero-order valence-corrected chi connectivity index (χ0v) is 20.7. The molecule has 36 heavy (non-hydrogen) atoms. The van der Waals surface area contributed by atoms with Crippen LogP contribution in [-0.4, -0.2) is 35.8 Å². The maximum Gasteiger partial charge on any atom is 0.322 e. The molecule has 5 amide bonds. The normalized spacial score (nSPS) is 22.6. The van der Waals surface area contributed by atoms with Gasteiger partial charge in [-0.15, -0.1) is 23.1 Å². The van der Waals surface area contributed by atoms with Crippen LogP contribution in [0.15, 0.2) is 64.9 Å². The van der Waals surface area contributed by atoms with E-state index in [-0.39, 0.29) is 32.4 Å². The van der Waals surface area contributed by atoms with Crippen molar-refractivity contribution < 1.29 is 22.0 Å². The average Bonchev–Trinajstić information content (AvgIpc) is 3.54. The molecule has 2 aromatic carbocycles. The van der Waals surface area contributed by atoms with Crippen molar-refractivity contribution in [3.63, 3.8) is 0 Å². The highest BCUT2D eigenvalue weighted by Crippen LogP contribution is 2.46. The molecule has 1 fully saturated rings. The molecule has 186 valence electrons. The Labute approximate surface area is 218 Å². The number of urea groups is 1. The summed E-state index contributed by atoms with van der Waals surface area (Å²) < 4.78 is 0. The standard InChI is InChI=1S/C26H22N4O4S2.2H2/c31-22(27-17-8-7-15-12-26(13-16(15)10-17)24(33)28-25(34)29-26)14-30-18-4-1-2-5-19(18)36-21(11-23(30)32)20-6-3-9-35-20;;/h1-10,21H,11-14H2,(H,27,31)(H2,28,29,33,34);2*1H. The maximum atomic E-state index is 13.3. The zero-order valence-electron chi connectivity index (χ0n) is 19.1. The van der Waals surface area contributed by atoms with Gasteiger partial charge in [-0.25, -0.2) is 4.79 Å². The third-order valence-electron chi connectivity index (χ3n) is 6.74. The van der Waals surface area contributed by atoms with Crippen molar-refractivity contribution in [3.05, 3.63) is 76.0 Å². The van der Waals surface area contributed by atoms with E-state index in [1.807, 2.05) is 53.9 Å². The third-order valence-corrected chi connectivity index (χ3v) is 9.18. The molecule has 2 unspecified atom stereocenters. The molecule has 1 aliphatic carbocycles. The number of thiophene rings is 1. The van der Waals surface area contributed by atoms with E-state index < -0.39 is 11.6 Å². The minimum absolute atomic E-state index is 0. The molecule has 0 bridgehead atoms. The molecule has 1 saturated heterocycles. The Morgan fingerprint density at radius 1 is 1.08 bits per heavy atom. The van der Waals surface area contributed by atoms with Gasteiger partial charge in [-0.3, -0.25) is 19.7 Å². The Morgan fingerprint density at radius 2 is 1.92 bits per heavy atom. The fourth-order valence-electron chi connectivity index (χ4n) is 5.06. The van der Waals surface area contributed by atoms with Crippen LogP contribution in [0.4, 0.5) is 16.2 Å². The first-order valence-electron chi connectivity index (χ1n) is 11.5. The van der Waals surface area contributed by atoms with E-state index in [1.165, 1.54) is 0 Å². The Balaban J connectivity index is 0.00000168. The quantitative estimate of drug-likeness (QED) is 0.447. The highest BCUT2D eigenvalue weighted by atomic mass is 32.2. The number of para-hydroxylation sites is 1. The van der Waals surface area contributed by atoms with Gasteiger partial charge in [-0.05, 0) is 46.8 Å². The lowest BCUT2D eigenvalue weighted by Gasteiger charge is -2.22. The molecule has 0 saturated carbocycles. The topological polar surface area (TPSA) is 108 Å². The molecular weight excluding hydrogens is 496 g/mol. The van der Waals surface area contributed by atoms with Crippen LogP contribution in [0.25, 0.3) is 0 Å². The predicted octanol–water partition coefficient (Wildman–Crippen LogP) is 4.13. The SMILES string of the molecule is O=C(CN1C(=O)CC(c2cccs2)Sc2ccccc21)Nc1ccc2c(c1)CC1(C2)NC(=O)NC1=O.[HH].[HH]. The van der Waals surface area contributed by atoms with Crippen molar-refractivity contribution in [3.8, 4) is 0 Å². The monoisotopic (exact) mass is 522 g/mol. The van der Waals surface area contributed by atoms with Crippen molar-refractivity contribution >= 4 is 58.2 Å². The van der Waals surface area contributed by atoms with Gasteiger partial charge in [0.1, 0.15) is 12.1 Å². The molecule has 2 aliphatic heterocycles. The van der Waals surface area contributed by atoms with Crippen molar-refractivity contribution in [2.75, 3.05) is 16.8 Å². The molecule has 6 rings (SSSR count). The molecule has 1 aromatic heterocycles. The van der Waals surface area contributed by atoms with Crippen LogP contribution < -0.4 is 20.9 Å². The molecule has 2 atom stereocenters. The molecule has 3 N–H and O–H groups in total. The van der Waals surface area contributed by atoms with Crippen LogP contribution in [0, 0.1) is 0 Å². The van der Waals surface area contributed by atoms with Gasteiger partial charge in [0.15, 0.2) is 0 Å². The molecular formula is C26H26N4O4S2. The van der Waals surface area contributed by atoms with Gasteiger partial charge in [0.05, 0.1) is 10.9 Å². The van der Waals surface area contributed by atoms with Gasteiger partial charge in [-0.1, -0.05) is 24.3 Å². The van der Waals surface area contributed by atoms with Gasteiger partial charge in [0, 0.05) is 37.6 Å². The molecule has 8 nitrogen and oxygen atoms in total. The summed E-state index contributed by atoms with van der Waals surface area (Å²) in [5, 5.41) is 9.97. The van der Waals surface area contributed by atoms with Crippen molar-refractivity contribution in [1.82, 2.24) is 10.6 Å². The molecule has 1 spiro atoms. The number of carbonyl (C=O) groups is 4. The number of carbonyl (C=O) groups excluding carboxylic acids is 4. The summed E-state index contributed by atoms with van der Waals surface area (Å²) in [4.78, 5) is 54.0. The van der Waals surface area contributed by atoms with E-state index in [4.69, 9.17) is 0 Å². The maximum absolute atomic E-state index is 13.3. The first-order chi connectivity index (χ1) is 17.4. The fourth-order valence-corrected chi connectivity index (χ4v) is 7.26. The minimum atomic E-state index is -0.957. The molecule has 3 aliphatic rings. The van der Waals surface area contributed by atoms with Gasteiger partial charge in [0.2, 0.25) is 11.8 Å². The fraction of sp³-hybridized carbons (Fsp3) is 0.231. The first-order valence-corrected chi connectivity index (χ1v) is 13.3. The second kappa shape index (κ2) is 8.79. The average molecular weight is 523 g/mol. The Kier molecular flexibility index (Phi) is 5.57.